The summed E-state index contributed by atoms with van der Waals surface area (Å²) in [6, 6.07) is 7.33. The SMILES string of the molecule is COc1ccc(S(=O)(=O)N2CCCC2)cc1NC(=O)CN(c1cc([N+](=O)[O-])ccc1OC)S(C)(=O)=O. The molecule has 0 bridgehead atoms. The van der Waals surface area contributed by atoms with Crippen molar-refractivity contribution in [2.75, 3.05) is 49.7 Å². The summed E-state index contributed by atoms with van der Waals surface area (Å²) in [6.07, 6.45) is 2.34. The Hall–Kier alpha value is -3.43. The fourth-order valence-electron chi connectivity index (χ4n) is 3.71. The molecule has 15 heteroatoms. The molecule has 0 unspecified atom stereocenters. The van der Waals surface area contributed by atoms with Crippen LogP contribution in [0.15, 0.2) is 41.3 Å². The van der Waals surface area contributed by atoms with Crippen LogP contribution in [0.25, 0.3) is 0 Å². The van der Waals surface area contributed by atoms with Gasteiger partial charge in [0.2, 0.25) is 26.0 Å². The minimum absolute atomic E-state index is 0.00453. The molecule has 1 heterocycles. The van der Waals surface area contributed by atoms with Crippen molar-refractivity contribution in [3.63, 3.8) is 0 Å². The number of hydrogen-bond acceptors (Lipinski definition) is 9. The average molecular weight is 543 g/mol. The zero-order chi connectivity index (χ0) is 26.7. The first-order valence-electron chi connectivity index (χ1n) is 10.7. The molecule has 36 heavy (non-hydrogen) atoms. The van der Waals surface area contributed by atoms with Crippen LogP contribution in [-0.2, 0) is 24.8 Å². The van der Waals surface area contributed by atoms with Crippen molar-refractivity contribution in [2.24, 2.45) is 0 Å². The second-order valence-electron chi connectivity index (χ2n) is 7.90. The number of anilines is 2. The number of amides is 1. The zero-order valence-electron chi connectivity index (χ0n) is 19.8. The first kappa shape index (κ1) is 27.2. The summed E-state index contributed by atoms with van der Waals surface area (Å²) in [5, 5.41) is 13.7. The third-order valence-electron chi connectivity index (χ3n) is 5.48. The standard InChI is InChI=1S/C21H26N4O9S2/c1-33-19-9-7-16(36(31,32)23-10-4-5-11-23)13-17(19)22-21(26)14-24(35(3,29)30)18-12-15(25(27)28)6-8-20(18)34-2/h6-9,12-13H,4-5,10-11,14H2,1-3H3,(H,22,26). The predicted octanol–water partition coefficient (Wildman–Crippen LogP) is 1.80. The van der Waals surface area contributed by atoms with Crippen LogP contribution in [0.4, 0.5) is 17.1 Å². The molecule has 3 rings (SSSR count). The Balaban J connectivity index is 1.94. The first-order valence-corrected chi connectivity index (χ1v) is 14.0. The number of non-ortho nitro benzene ring substituents is 1. The number of methoxy groups -OCH3 is 2. The summed E-state index contributed by atoms with van der Waals surface area (Å²) in [4.78, 5) is 23.4. The number of nitrogens with one attached hydrogen (secondary N) is 1. The molecular weight excluding hydrogens is 516 g/mol. The van der Waals surface area contributed by atoms with Crippen molar-refractivity contribution in [1.29, 1.82) is 0 Å². The number of sulfonamides is 2. The van der Waals surface area contributed by atoms with Crippen molar-refractivity contribution >= 4 is 43.0 Å². The van der Waals surface area contributed by atoms with E-state index in [2.05, 4.69) is 5.32 Å². The molecule has 1 aliphatic heterocycles. The fraction of sp³-hybridized carbons (Fsp3) is 0.381. The lowest BCUT2D eigenvalue weighted by Crippen LogP contribution is -2.37. The van der Waals surface area contributed by atoms with Gasteiger partial charge in [-0.1, -0.05) is 0 Å². The Labute approximate surface area is 208 Å². The summed E-state index contributed by atoms with van der Waals surface area (Å²) < 4.78 is 63.3. The molecule has 1 aliphatic rings. The zero-order valence-corrected chi connectivity index (χ0v) is 21.5. The predicted molar refractivity (Wildman–Crippen MR) is 131 cm³/mol. The number of nitrogens with zero attached hydrogens (tertiary/aromatic N) is 3. The van der Waals surface area contributed by atoms with Gasteiger partial charge in [0, 0.05) is 25.2 Å². The van der Waals surface area contributed by atoms with Gasteiger partial charge in [0.15, 0.2) is 0 Å². The van der Waals surface area contributed by atoms with Gasteiger partial charge in [0.1, 0.15) is 23.7 Å². The minimum atomic E-state index is -4.10. The quantitative estimate of drug-likeness (QED) is 0.348. The fourth-order valence-corrected chi connectivity index (χ4v) is 6.11. The van der Waals surface area contributed by atoms with Crippen LogP contribution < -0.4 is 19.1 Å². The Bertz CT molecular complexity index is 1370. The molecule has 1 amide bonds. The van der Waals surface area contributed by atoms with E-state index < -0.39 is 43.1 Å². The number of ether oxygens (including phenoxy) is 2. The summed E-state index contributed by atoms with van der Waals surface area (Å²) in [7, 11) is -5.31. The van der Waals surface area contributed by atoms with Crippen LogP contribution >= 0.6 is 0 Å². The number of rotatable bonds is 10. The number of nitro benzene ring substituents is 1. The van der Waals surface area contributed by atoms with Gasteiger partial charge in [-0.2, -0.15) is 4.31 Å². The highest BCUT2D eigenvalue weighted by atomic mass is 32.2. The molecule has 0 spiro atoms. The van der Waals surface area contributed by atoms with Gasteiger partial charge in [-0.05, 0) is 37.1 Å². The third kappa shape index (κ3) is 5.85. The van der Waals surface area contributed by atoms with Crippen LogP contribution in [0.5, 0.6) is 11.5 Å². The van der Waals surface area contributed by atoms with Gasteiger partial charge in [-0.25, -0.2) is 16.8 Å². The van der Waals surface area contributed by atoms with Gasteiger partial charge in [-0.3, -0.25) is 19.2 Å². The Morgan fingerprint density at radius 2 is 1.67 bits per heavy atom. The molecule has 196 valence electrons. The topological polar surface area (TPSA) is 165 Å². The molecule has 13 nitrogen and oxygen atoms in total. The summed E-state index contributed by atoms with van der Waals surface area (Å²) in [5.74, 6) is -0.694. The molecule has 1 fully saturated rings. The largest absolute Gasteiger partial charge is 0.495 e. The highest BCUT2D eigenvalue weighted by Gasteiger charge is 2.29. The second kappa shape index (κ2) is 10.7. The molecule has 0 aromatic heterocycles. The molecule has 1 saturated heterocycles. The van der Waals surface area contributed by atoms with E-state index in [9.17, 15) is 31.7 Å². The Morgan fingerprint density at radius 3 is 2.22 bits per heavy atom. The molecule has 0 atom stereocenters. The summed E-state index contributed by atoms with van der Waals surface area (Å²) in [5.41, 5.74) is -0.592. The third-order valence-corrected chi connectivity index (χ3v) is 8.50. The monoisotopic (exact) mass is 542 g/mol. The molecule has 2 aromatic carbocycles. The molecule has 1 N–H and O–H groups in total. The van der Waals surface area contributed by atoms with Crippen molar-refractivity contribution in [3.05, 3.63) is 46.5 Å². The number of hydrogen-bond donors (Lipinski definition) is 1. The van der Waals surface area contributed by atoms with Gasteiger partial charge in [-0.15, -0.1) is 0 Å². The van der Waals surface area contributed by atoms with Crippen LogP contribution in [-0.4, -0.2) is 72.1 Å². The maximum atomic E-state index is 12.9. The maximum absolute atomic E-state index is 12.9. The highest BCUT2D eigenvalue weighted by Crippen LogP contribution is 2.34. The molecule has 0 radical (unpaired) electrons. The van der Waals surface area contributed by atoms with Crippen molar-refractivity contribution in [1.82, 2.24) is 4.31 Å². The lowest BCUT2D eigenvalue weighted by atomic mass is 10.2. The van der Waals surface area contributed by atoms with E-state index in [0.29, 0.717) is 17.4 Å². The van der Waals surface area contributed by atoms with E-state index in [0.717, 1.165) is 31.2 Å². The Morgan fingerprint density at radius 1 is 1.06 bits per heavy atom. The van der Waals surface area contributed by atoms with Gasteiger partial charge in [0.05, 0.1) is 36.0 Å². The highest BCUT2D eigenvalue weighted by molar-refractivity contribution is 7.92. The van der Waals surface area contributed by atoms with E-state index >= 15 is 0 Å². The number of carbonyl (C=O) groups is 1. The van der Waals surface area contributed by atoms with Crippen molar-refractivity contribution in [2.45, 2.75) is 17.7 Å². The van der Waals surface area contributed by atoms with Crippen LogP contribution in [0.3, 0.4) is 0 Å². The second-order valence-corrected chi connectivity index (χ2v) is 11.7. The molecule has 2 aromatic rings. The Kier molecular flexibility index (Phi) is 8.05. The number of nitro groups is 1. The maximum Gasteiger partial charge on any atom is 0.271 e. The smallest absolute Gasteiger partial charge is 0.271 e. The summed E-state index contributed by atoms with van der Waals surface area (Å²) in [6.45, 7) is 0.0114. The van der Waals surface area contributed by atoms with Crippen molar-refractivity contribution < 1.29 is 36.0 Å². The minimum Gasteiger partial charge on any atom is -0.495 e. The molecular formula is C21H26N4O9S2. The van der Waals surface area contributed by atoms with E-state index in [4.69, 9.17) is 9.47 Å². The van der Waals surface area contributed by atoms with E-state index in [1.807, 2.05) is 0 Å². The molecule has 0 aliphatic carbocycles. The average Bonchev–Trinajstić information content (AvgIpc) is 3.37. The van der Waals surface area contributed by atoms with Gasteiger partial charge < -0.3 is 14.8 Å². The first-order chi connectivity index (χ1) is 16.9. The number of carbonyl (C=O) groups excluding carboxylic acids is 1. The van der Waals surface area contributed by atoms with Gasteiger partial charge in [0.25, 0.3) is 5.69 Å². The van der Waals surface area contributed by atoms with Crippen LogP contribution in [0.2, 0.25) is 0 Å². The van der Waals surface area contributed by atoms with E-state index in [1.165, 1.54) is 42.8 Å². The van der Waals surface area contributed by atoms with Crippen molar-refractivity contribution in [3.8, 4) is 11.5 Å². The lowest BCUT2D eigenvalue weighted by Gasteiger charge is -2.24. The van der Waals surface area contributed by atoms with Crippen LogP contribution in [0.1, 0.15) is 12.8 Å². The molecule has 0 saturated carbocycles. The van der Waals surface area contributed by atoms with Crippen LogP contribution in [0, 0.1) is 10.1 Å². The normalized spacial score (nSPS) is 14.3. The van der Waals surface area contributed by atoms with E-state index in [-0.39, 0.29) is 27.8 Å². The summed E-state index contributed by atoms with van der Waals surface area (Å²) >= 11 is 0. The van der Waals surface area contributed by atoms with Gasteiger partial charge >= 0.3 is 0 Å². The lowest BCUT2D eigenvalue weighted by molar-refractivity contribution is -0.384. The van der Waals surface area contributed by atoms with E-state index in [1.54, 1.807) is 0 Å². The number of benzene rings is 2.